The number of nitrogens with one attached hydrogen (secondary N) is 1. The van der Waals surface area contributed by atoms with Gasteiger partial charge in [0, 0.05) is 35.5 Å². The quantitative estimate of drug-likeness (QED) is 0.508. The van der Waals surface area contributed by atoms with E-state index in [2.05, 4.69) is 5.32 Å². The minimum absolute atomic E-state index is 0.0126. The first-order valence-corrected chi connectivity index (χ1v) is 11.4. The second-order valence-electron chi connectivity index (χ2n) is 9.15. The number of rotatable bonds is 10. The molecule has 0 aliphatic heterocycles. The average molecular weight is 496 g/mol. The molecule has 1 aliphatic carbocycles. The van der Waals surface area contributed by atoms with Gasteiger partial charge >= 0.3 is 6.18 Å². The fraction of sp³-hybridized carbons (Fsp3) is 0.440. The zero-order valence-electron chi connectivity index (χ0n) is 19.2. The van der Waals surface area contributed by atoms with Crippen LogP contribution in [-0.2, 0) is 11.2 Å². The maximum Gasteiger partial charge on any atom is 0.395 e. The summed E-state index contributed by atoms with van der Waals surface area (Å²) < 4.78 is 41.7. The summed E-state index contributed by atoms with van der Waals surface area (Å²) in [6.45, 7) is 0.274. The van der Waals surface area contributed by atoms with Crippen LogP contribution in [0.15, 0.2) is 48.5 Å². The van der Waals surface area contributed by atoms with Crippen LogP contribution in [-0.4, -0.2) is 49.6 Å². The summed E-state index contributed by atoms with van der Waals surface area (Å²) in [5.41, 5.74) is 5.22. The molecule has 1 fully saturated rings. The third-order valence-corrected chi connectivity index (χ3v) is 6.91. The zero-order valence-corrected chi connectivity index (χ0v) is 19.9. The molecule has 0 bridgehead atoms. The highest BCUT2D eigenvalue weighted by atomic mass is 35.5. The van der Waals surface area contributed by atoms with Crippen LogP contribution in [0.1, 0.15) is 46.7 Å². The van der Waals surface area contributed by atoms with Gasteiger partial charge in [-0.2, -0.15) is 13.2 Å². The SMILES string of the molecule is CN(C)[C@H](CNC(=O)C[C@H](c1ccc(Cl)cc1)C1(C(F)(F)F)CC1)Cc1ccc(C(N)=O)cc1. The van der Waals surface area contributed by atoms with E-state index in [1.54, 1.807) is 48.5 Å². The normalized spacial score (nSPS) is 16.7. The number of carbonyl (C=O) groups is 2. The highest BCUT2D eigenvalue weighted by molar-refractivity contribution is 6.30. The maximum absolute atomic E-state index is 13.9. The Morgan fingerprint density at radius 2 is 1.68 bits per heavy atom. The molecule has 0 unspecified atom stereocenters. The molecule has 0 aromatic heterocycles. The summed E-state index contributed by atoms with van der Waals surface area (Å²) in [5, 5.41) is 3.26. The van der Waals surface area contributed by atoms with E-state index in [4.69, 9.17) is 17.3 Å². The van der Waals surface area contributed by atoms with Crippen LogP contribution in [0, 0.1) is 5.41 Å². The Bertz CT molecular complexity index is 1000. The minimum atomic E-state index is -4.39. The third kappa shape index (κ3) is 6.10. The van der Waals surface area contributed by atoms with Crippen molar-refractivity contribution in [3.8, 4) is 0 Å². The predicted octanol–water partition coefficient (Wildman–Crippen LogP) is 4.54. The molecule has 9 heteroatoms. The van der Waals surface area contributed by atoms with Crippen molar-refractivity contribution in [3.05, 3.63) is 70.2 Å². The lowest BCUT2D eigenvalue weighted by Gasteiger charge is -2.30. The number of nitrogens with zero attached hydrogens (tertiary/aromatic N) is 1. The number of primary amides is 1. The van der Waals surface area contributed by atoms with Gasteiger partial charge in [0.05, 0.1) is 5.41 Å². The number of halogens is 4. The van der Waals surface area contributed by atoms with Crippen LogP contribution in [0.5, 0.6) is 0 Å². The van der Waals surface area contributed by atoms with Gasteiger partial charge in [-0.05, 0) is 68.8 Å². The van der Waals surface area contributed by atoms with Crippen LogP contribution in [0.25, 0.3) is 0 Å². The summed E-state index contributed by atoms with van der Waals surface area (Å²) in [6, 6.07) is 13.1. The molecule has 0 spiro atoms. The van der Waals surface area contributed by atoms with Crippen molar-refractivity contribution < 1.29 is 22.8 Å². The fourth-order valence-electron chi connectivity index (χ4n) is 4.30. The van der Waals surface area contributed by atoms with Gasteiger partial charge in [-0.3, -0.25) is 9.59 Å². The van der Waals surface area contributed by atoms with Gasteiger partial charge < -0.3 is 16.0 Å². The average Bonchev–Trinajstić information content (AvgIpc) is 3.58. The van der Waals surface area contributed by atoms with Gasteiger partial charge in [0.15, 0.2) is 0 Å². The number of hydrogen-bond donors (Lipinski definition) is 2. The van der Waals surface area contributed by atoms with Gasteiger partial charge in [0.2, 0.25) is 11.8 Å². The van der Waals surface area contributed by atoms with Crippen molar-refractivity contribution >= 4 is 23.4 Å². The Labute approximate surface area is 202 Å². The molecule has 2 aromatic carbocycles. The van der Waals surface area contributed by atoms with Crippen LogP contribution in [0.3, 0.4) is 0 Å². The number of likely N-dealkylation sites (N-methyl/N-ethyl adjacent to an activating group) is 1. The van der Waals surface area contributed by atoms with E-state index in [0.717, 1.165) is 5.56 Å². The number of alkyl halides is 3. The number of nitrogens with two attached hydrogens (primary N) is 1. The molecule has 34 heavy (non-hydrogen) atoms. The topological polar surface area (TPSA) is 75.4 Å². The maximum atomic E-state index is 13.9. The largest absolute Gasteiger partial charge is 0.395 e. The smallest absolute Gasteiger partial charge is 0.366 e. The van der Waals surface area contributed by atoms with E-state index in [1.165, 1.54) is 0 Å². The third-order valence-electron chi connectivity index (χ3n) is 6.66. The van der Waals surface area contributed by atoms with Crippen molar-refractivity contribution in [2.75, 3.05) is 20.6 Å². The Balaban J connectivity index is 1.68. The van der Waals surface area contributed by atoms with E-state index >= 15 is 0 Å². The molecule has 0 heterocycles. The van der Waals surface area contributed by atoms with Crippen molar-refractivity contribution in [2.24, 2.45) is 11.1 Å². The van der Waals surface area contributed by atoms with Gasteiger partial charge in [-0.1, -0.05) is 35.9 Å². The number of hydrogen-bond acceptors (Lipinski definition) is 3. The van der Waals surface area contributed by atoms with Crippen LogP contribution in [0.4, 0.5) is 13.2 Å². The first-order valence-electron chi connectivity index (χ1n) is 11.1. The zero-order chi connectivity index (χ0) is 25.1. The van der Waals surface area contributed by atoms with Gasteiger partial charge in [-0.25, -0.2) is 0 Å². The lowest BCUT2D eigenvalue weighted by molar-refractivity contribution is -0.194. The van der Waals surface area contributed by atoms with Crippen molar-refractivity contribution in [3.63, 3.8) is 0 Å². The van der Waals surface area contributed by atoms with E-state index < -0.39 is 29.3 Å². The van der Waals surface area contributed by atoms with Gasteiger partial charge in [-0.15, -0.1) is 0 Å². The molecule has 2 aromatic rings. The van der Waals surface area contributed by atoms with E-state index in [-0.39, 0.29) is 31.8 Å². The summed E-state index contributed by atoms with van der Waals surface area (Å²) >= 11 is 5.92. The summed E-state index contributed by atoms with van der Waals surface area (Å²) in [6.07, 6.45) is -4.04. The highest BCUT2D eigenvalue weighted by Gasteiger charge is 2.67. The van der Waals surface area contributed by atoms with Gasteiger partial charge in [0.1, 0.15) is 0 Å². The molecule has 0 radical (unpaired) electrons. The van der Waals surface area contributed by atoms with E-state index in [0.29, 0.717) is 22.6 Å². The molecule has 2 amide bonds. The first kappa shape index (κ1) is 26.0. The van der Waals surface area contributed by atoms with Crippen LogP contribution in [0.2, 0.25) is 5.02 Å². The number of amides is 2. The number of carbonyl (C=O) groups excluding carboxylic acids is 2. The lowest BCUT2D eigenvalue weighted by atomic mass is 9.80. The summed E-state index contributed by atoms with van der Waals surface area (Å²) in [4.78, 5) is 26.0. The van der Waals surface area contributed by atoms with Crippen molar-refractivity contribution in [1.82, 2.24) is 10.2 Å². The monoisotopic (exact) mass is 495 g/mol. The van der Waals surface area contributed by atoms with Crippen molar-refractivity contribution in [1.29, 1.82) is 0 Å². The molecule has 1 saturated carbocycles. The van der Waals surface area contributed by atoms with E-state index in [1.807, 2.05) is 19.0 Å². The van der Waals surface area contributed by atoms with Crippen LogP contribution >= 0.6 is 11.6 Å². The van der Waals surface area contributed by atoms with Crippen molar-refractivity contribution in [2.45, 2.75) is 43.8 Å². The van der Waals surface area contributed by atoms with Crippen LogP contribution < -0.4 is 11.1 Å². The van der Waals surface area contributed by atoms with Gasteiger partial charge in [0.25, 0.3) is 0 Å². The second kappa shape index (κ2) is 10.4. The standard InChI is InChI=1S/C25H29ClF3N3O2/c1-32(2)20(13-16-3-5-18(6-4-16)23(30)34)15-31-22(33)14-21(17-7-9-19(26)10-8-17)24(11-12-24)25(27,28)29/h3-10,20-21H,11-15H2,1-2H3,(H2,30,34)(H,31,33)/t20-,21+/m0/s1. The Morgan fingerprint density at radius 1 is 1.09 bits per heavy atom. The Hall–Kier alpha value is -2.58. The Kier molecular flexibility index (Phi) is 7.93. The highest BCUT2D eigenvalue weighted by Crippen LogP contribution is 2.66. The molecular formula is C25H29ClF3N3O2. The summed E-state index contributed by atoms with van der Waals surface area (Å²) in [5.74, 6) is -1.90. The Morgan fingerprint density at radius 3 is 2.15 bits per heavy atom. The molecule has 184 valence electrons. The number of benzene rings is 2. The molecule has 3 rings (SSSR count). The molecule has 0 saturated heterocycles. The molecule has 1 aliphatic rings. The summed E-state index contributed by atoms with van der Waals surface area (Å²) in [7, 11) is 3.74. The van der Waals surface area contributed by atoms with E-state index in [9.17, 15) is 22.8 Å². The second-order valence-corrected chi connectivity index (χ2v) is 9.59. The molecule has 2 atom stereocenters. The molecule has 3 N–H and O–H groups in total. The predicted molar refractivity (Wildman–Crippen MR) is 126 cm³/mol. The fourth-order valence-corrected chi connectivity index (χ4v) is 4.42. The lowest BCUT2D eigenvalue weighted by Crippen LogP contribution is -2.42. The molecular weight excluding hydrogens is 467 g/mol. The molecule has 5 nitrogen and oxygen atoms in total. The first-order chi connectivity index (χ1) is 15.9. The minimum Gasteiger partial charge on any atom is -0.366 e.